The average molecular weight is 311 g/mol. The molecule has 1 heterocycles. The zero-order chi connectivity index (χ0) is 15.5. The topological polar surface area (TPSA) is 62.1 Å². The summed E-state index contributed by atoms with van der Waals surface area (Å²) < 4.78 is 5.38. The molecule has 0 atom stereocenters. The quantitative estimate of drug-likeness (QED) is 0.879. The lowest BCUT2D eigenvalue weighted by molar-refractivity contribution is -0.110. The molecular weight excluding hydrogens is 300 g/mol. The summed E-state index contributed by atoms with van der Waals surface area (Å²) in [6.07, 6.45) is 1.75. The van der Waals surface area contributed by atoms with Gasteiger partial charge in [0.1, 0.15) is 11.8 Å². The molecule has 2 aromatic carbocycles. The van der Waals surface area contributed by atoms with E-state index in [-0.39, 0.29) is 12.5 Å². The number of fused-ring (bicyclic) bond motifs is 1. The molecule has 0 saturated carbocycles. The van der Waals surface area contributed by atoms with Crippen LogP contribution in [-0.2, 0) is 4.79 Å². The average Bonchev–Trinajstić information content (AvgIpc) is 2.81. The monoisotopic (exact) mass is 310 g/mol. The van der Waals surface area contributed by atoms with Crippen molar-refractivity contribution in [1.82, 2.24) is 0 Å². The number of amides is 1. The van der Waals surface area contributed by atoms with Crippen LogP contribution in [0.5, 0.6) is 5.75 Å². The van der Waals surface area contributed by atoms with Crippen molar-refractivity contribution in [3.05, 3.63) is 58.6 Å². The summed E-state index contributed by atoms with van der Waals surface area (Å²) >= 11 is 5.94. The first-order chi connectivity index (χ1) is 10.7. The molecule has 0 spiro atoms. The molecule has 0 unspecified atom stereocenters. The second kappa shape index (κ2) is 5.92. The molecule has 0 radical (unpaired) electrons. The van der Waals surface area contributed by atoms with Crippen LogP contribution in [0, 0.1) is 11.3 Å². The number of nitrogens with one attached hydrogen (secondary N) is 1. The Hall–Kier alpha value is -2.77. The number of para-hydroxylation sites is 1. The van der Waals surface area contributed by atoms with Gasteiger partial charge in [-0.15, -0.1) is 0 Å². The Morgan fingerprint density at radius 3 is 2.91 bits per heavy atom. The number of ether oxygens (including phenoxy) is 1. The van der Waals surface area contributed by atoms with Crippen LogP contribution in [0.15, 0.2) is 42.5 Å². The van der Waals surface area contributed by atoms with Crippen molar-refractivity contribution in [2.24, 2.45) is 0 Å². The number of halogens is 1. The van der Waals surface area contributed by atoms with Crippen LogP contribution in [0.3, 0.4) is 0 Å². The van der Waals surface area contributed by atoms with Crippen LogP contribution in [-0.4, -0.2) is 12.5 Å². The van der Waals surface area contributed by atoms with Gasteiger partial charge in [-0.25, -0.2) is 0 Å². The zero-order valence-corrected chi connectivity index (χ0v) is 12.2. The van der Waals surface area contributed by atoms with E-state index in [4.69, 9.17) is 21.6 Å². The van der Waals surface area contributed by atoms with E-state index < -0.39 is 0 Å². The van der Waals surface area contributed by atoms with E-state index in [1.165, 1.54) is 0 Å². The largest absolute Gasteiger partial charge is 0.478 e. The molecule has 1 aliphatic rings. The van der Waals surface area contributed by atoms with Crippen LogP contribution in [0.25, 0.3) is 11.6 Å². The molecule has 2 aromatic rings. The lowest BCUT2D eigenvalue weighted by Gasteiger charge is -2.06. The number of hydrogen-bond donors (Lipinski definition) is 1. The number of nitriles is 1. The summed E-state index contributed by atoms with van der Waals surface area (Å²) in [4.78, 5) is 12.2. The minimum absolute atomic E-state index is 0.0431. The van der Waals surface area contributed by atoms with Gasteiger partial charge in [-0.3, -0.25) is 4.79 Å². The molecule has 1 aliphatic heterocycles. The van der Waals surface area contributed by atoms with Crippen molar-refractivity contribution < 1.29 is 9.53 Å². The second-order valence-corrected chi connectivity index (χ2v) is 5.12. The van der Waals surface area contributed by atoms with E-state index in [0.717, 1.165) is 11.1 Å². The van der Waals surface area contributed by atoms with Crippen LogP contribution in [0.2, 0.25) is 5.02 Å². The van der Waals surface area contributed by atoms with Gasteiger partial charge in [-0.05, 0) is 24.3 Å². The molecule has 108 valence electrons. The maximum absolute atomic E-state index is 12.2. The van der Waals surface area contributed by atoms with E-state index in [0.29, 0.717) is 22.0 Å². The molecule has 0 aromatic heterocycles. The predicted molar refractivity (Wildman–Crippen MR) is 85.5 cm³/mol. The smallest absolute Gasteiger partial charge is 0.256 e. The van der Waals surface area contributed by atoms with Crippen LogP contribution < -0.4 is 10.1 Å². The molecule has 5 heteroatoms. The number of carbonyl (C=O) groups excluding carboxylic acids is 1. The van der Waals surface area contributed by atoms with E-state index in [2.05, 4.69) is 5.32 Å². The van der Waals surface area contributed by atoms with Gasteiger partial charge < -0.3 is 10.1 Å². The van der Waals surface area contributed by atoms with Crippen LogP contribution in [0.4, 0.5) is 5.69 Å². The fourth-order valence-corrected chi connectivity index (χ4v) is 2.48. The van der Waals surface area contributed by atoms with Crippen molar-refractivity contribution in [3.8, 4) is 11.8 Å². The van der Waals surface area contributed by atoms with Crippen molar-refractivity contribution in [1.29, 1.82) is 5.26 Å². The first kappa shape index (κ1) is 14.2. The van der Waals surface area contributed by atoms with E-state index in [1.54, 1.807) is 30.3 Å². The lowest BCUT2D eigenvalue weighted by Crippen LogP contribution is -2.03. The summed E-state index contributed by atoms with van der Waals surface area (Å²) in [6.45, 7) is -0.0431. The second-order valence-electron chi connectivity index (χ2n) is 4.69. The molecule has 22 heavy (non-hydrogen) atoms. The fourth-order valence-electron chi connectivity index (χ4n) is 2.31. The Morgan fingerprint density at radius 1 is 1.27 bits per heavy atom. The molecule has 3 rings (SSSR count). The molecule has 0 bridgehead atoms. The molecule has 4 nitrogen and oxygen atoms in total. The van der Waals surface area contributed by atoms with Crippen LogP contribution >= 0.6 is 11.6 Å². The summed E-state index contributed by atoms with van der Waals surface area (Å²) in [6, 6.07) is 14.5. The van der Waals surface area contributed by atoms with Crippen molar-refractivity contribution in [2.75, 3.05) is 11.9 Å². The Morgan fingerprint density at radius 2 is 2.09 bits per heavy atom. The number of hydrogen-bond acceptors (Lipinski definition) is 3. The third kappa shape index (κ3) is 2.67. The van der Waals surface area contributed by atoms with Crippen molar-refractivity contribution in [3.63, 3.8) is 0 Å². The highest BCUT2D eigenvalue weighted by atomic mass is 35.5. The molecule has 0 saturated heterocycles. The van der Waals surface area contributed by atoms with Gasteiger partial charge >= 0.3 is 0 Å². The molecular formula is C17H11ClN2O2. The van der Waals surface area contributed by atoms with Gasteiger partial charge in [-0.2, -0.15) is 5.26 Å². The summed E-state index contributed by atoms with van der Waals surface area (Å²) in [7, 11) is 0. The molecule has 1 amide bonds. The summed E-state index contributed by atoms with van der Waals surface area (Å²) in [5.41, 5.74) is 2.77. The third-order valence-electron chi connectivity index (χ3n) is 3.28. The third-order valence-corrected chi connectivity index (χ3v) is 3.51. The molecule has 0 aliphatic carbocycles. The van der Waals surface area contributed by atoms with Crippen LogP contribution in [0.1, 0.15) is 11.1 Å². The Bertz CT molecular complexity index is 822. The van der Waals surface area contributed by atoms with Gasteiger partial charge in [0, 0.05) is 21.7 Å². The standard InChI is InChI=1S/C17H11ClN2O2/c18-12-5-6-13-14(17(21)20-15(13)10-12)9-11-3-1-2-4-16(11)22-8-7-19/h1-6,9-10H,8H2,(H,20,21)/b14-9+. The minimum atomic E-state index is -0.188. The Balaban J connectivity index is 2.04. The van der Waals surface area contributed by atoms with Crippen molar-refractivity contribution >= 4 is 34.8 Å². The van der Waals surface area contributed by atoms with Gasteiger partial charge in [0.05, 0.1) is 5.69 Å². The summed E-state index contributed by atoms with van der Waals surface area (Å²) in [5.74, 6) is 0.374. The van der Waals surface area contributed by atoms with Gasteiger partial charge in [0.15, 0.2) is 6.61 Å². The number of rotatable bonds is 3. The van der Waals surface area contributed by atoms with Gasteiger partial charge in [-0.1, -0.05) is 35.9 Å². The van der Waals surface area contributed by atoms with E-state index in [1.807, 2.05) is 24.3 Å². The SMILES string of the molecule is N#CCOc1ccccc1/C=C1/C(=O)Nc2cc(Cl)ccc21. The number of nitrogens with zero attached hydrogens (tertiary/aromatic N) is 1. The Kier molecular flexibility index (Phi) is 3.82. The molecule has 0 fully saturated rings. The normalized spacial score (nSPS) is 14.4. The first-order valence-electron chi connectivity index (χ1n) is 6.61. The maximum atomic E-state index is 12.2. The fraction of sp³-hybridized carbons (Fsp3) is 0.0588. The predicted octanol–water partition coefficient (Wildman–Crippen LogP) is 3.74. The molecule has 1 N–H and O–H groups in total. The minimum Gasteiger partial charge on any atom is -0.478 e. The van der Waals surface area contributed by atoms with Gasteiger partial charge in [0.2, 0.25) is 0 Å². The number of anilines is 1. The Labute approximate surface area is 132 Å². The van der Waals surface area contributed by atoms with Crippen molar-refractivity contribution in [2.45, 2.75) is 0 Å². The highest BCUT2D eigenvalue weighted by Gasteiger charge is 2.24. The van der Waals surface area contributed by atoms with Gasteiger partial charge in [0.25, 0.3) is 5.91 Å². The van der Waals surface area contributed by atoms with E-state index >= 15 is 0 Å². The summed E-state index contributed by atoms with van der Waals surface area (Å²) in [5, 5.41) is 12.0. The number of carbonyl (C=O) groups is 1. The zero-order valence-electron chi connectivity index (χ0n) is 11.5. The first-order valence-corrected chi connectivity index (χ1v) is 6.98. The van der Waals surface area contributed by atoms with E-state index in [9.17, 15) is 4.79 Å². The number of benzene rings is 2. The lowest BCUT2D eigenvalue weighted by atomic mass is 10.0. The highest BCUT2D eigenvalue weighted by molar-refractivity contribution is 6.36. The highest BCUT2D eigenvalue weighted by Crippen LogP contribution is 2.36. The maximum Gasteiger partial charge on any atom is 0.256 e.